The summed E-state index contributed by atoms with van der Waals surface area (Å²) in [7, 11) is 1.31. The van der Waals surface area contributed by atoms with E-state index in [0.717, 1.165) is 12.8 Å². The molecule has 1 rings (SSSR count). The summed E-state index contributed by atoms with van der Waals surface area (Å²) in [5.41, 5.74) is 5.71. The van der Waals surface area contributed by atoms with Gasteiger partial charge in [0.15, 0.2) is 0 Å². The molecule has 3 N–H and O–H groups in total. The van der Waals surface area contributed by atoms with Crippen LogP contribution >= 0.6 is 12.4 Å². The van der Waals surface area contributed by atoms with E-state index >= 15 is 0 Å². The molecule has 0 aromatic rings. The molecule has 128 valence electrons. The highest BCUT2D eigenvalue weighted by Gasteiger charge is 2.32. The fourth-order valence-electron chi connectivity index (χ4n) is 2.30. The molecule has 2 atom stereocenters. The van der Waals surface area contributed by atoms with Crippen molar-refractivity contribution in [1.82, 2.24) is 10.2 Å². The molecule has 22 heavy (non-hydrogen) atoms. The van der Waals surface area contributed by atoms with Crippen LogP contribution in [0.15, 0.2) is 0 Å². The number of methoxy groups -OCH3 is 1. The van der Waals surface area contributed by atoms with Crippen LogP contribution < -0.4 is 11.1 Å². The molecule has 1 aliphatic heterocycles. The van der Waals surface area contributed by atoms with Gasteiger partial charge < -0.3 is 20.7 Å². The SMILES string of the molecule is COC(=O)C1CCCCN1C(=O)CNC(=O)[C@@H](N)C(C)C.Cl. The molecule has 1 unspecified atom stereocenters. The number of carbonyl (C=O) groups excluding carboxylic acids is 3. The third kappa shape index (κ3) is 5.46. The smallest absolute Gasteiger partial charge is 0.328 e. The van der Waals surface area contributed by atoms with Crippen LogP contribution in [0, 0.1) is 5.92 Å². The summed E-state index contributed by atoms with van der Waals surface area (Å²) in [6.07, 6.45) is 2.32. The molecule has 2 amide bonds. The Morgan fingerprint density at radius 3 is 2.50 bits per heavy atom. The van der Waals surface area contributed by atoms with E-state index in [1.165, 1.54) is 12.0 Å². The summed E-state index contributed by atoms with van der Waals surface area (Å²) in [5, 5.41) is 2.53. The predicted molar refractivity (Wildman–Crippen MR) is 84.4 cm³/mol. The standard InChI is InChI=1S/C14H25N3O4.ClH/c1-9(2)12(15)13(19)16-8-11(18)17-7-5-4-6-10(17)14(20)21-3;/h9-10,12H,4-8,15H2,1-3H3,(H,16,19);1H/t10?,12-;/m0./s1. The fraction of sp³-hybridized carbons (Fsp3) is 0.786. The molecule has 0 aromatic carbocycles. The number of rotatable bonds is 5. The monoisotopic (exact) mass is 335 g/mol. The number of nitrogens with two attached hydrogens (primary N) is 1. The molecular weight excluding hydrogens is 310 g/mol. The number of amides is 2. The Bertz CT molecular complexity index is 404. The van der Waals surface area contributed by atoms with Gasteiger partial charge in [-0.25, -0.2) is 4.79 Å². The zero-order valence-electron chi connectivity index (χ0n) is 13.3. The van der Waals surface area contributed by atoms with Crippen LogP contribution in [0.2, 0.25) is 0 Å². The van der Waals surface area contributed by atoms with E-state index < -0.39 is 18.1 Å². The Balaban J connectivity index is 0.00000441. The summed E-state index contributed by atoms with van der Waals surface area (Å²) in [4.78, 5) is 37.1. The van der Waals surface area contributed by atoms with Gasteiger partial charge in [-0.2, -0.15) is 0 Å². The number of nitrogens with one attached hydrogen (secondary N) is 1. The first-order valence-corrected chi connectivity index (χ1v) is 7.29. The Kier molecular flexibility index (Phi) is 9.04. The summed E-state index contributed by atoms with van der Waals surface area (Å²) in [5.74, 6) is -1.05. The highest BCUT2D eigenvalue weighted by atomic mass is 35.5. The number of piperidine rings is 1. The molecule has 0 saturated carbocycles. The Morgan fingerprint density at radius 2 is 1.95 bits per heavy atom. The number of halogens is 1. The van der Waals surface area contributed by atoms with E-state index in [-0.39, 0.29) is 36.7 Å². The minimum absolute atomic E-state index is 0. The molecular formula is C14H26ClN3O4. The Hall–Kier alpha value is -1.34. The third-order valence-corrected chi connectivity index (χ3v) is 3.73. The molecule has 0 spiro atoms. The van der Waals surface area contributed by atoms with E-state index in [4.69, 9.17) is 10.5 Å². The first-order valence-electron chi connectivity index (χ1n) is 7.29. The van der Waals surface area contributed by atoms with Crippen molar-refractivity contribution in [3.8, 4) is 0 Å². The van der Waals surface area contributed by atoms with Crippen LogP contribution in [0.3, 0.4) is 0 Å². The summed E-state index contributed by atoms with van der Waals surface area (Å²) >= 11 is 0. The van der Waals surface area contributed by atoms with Gasteiger partial charge in [-0.15, -0.1) is 12.4 Å². The quantitative estimate of drug-likeness (QED) is 0.692. The molecule has 1 fully saturated rings. The van der Waals surface area contributed by atoms with E-state index in [9.17, 15) is 14.4 Å². The van der Waals surface area contributed by atoms with Gasteiger partial charge in [0.05, 0.1) is 19.7 Å². The van der Waals surface area contributed by atoms with Crippen molar-refractivity contribution in [2.24, 2.45) is 11.7 Å². The maximum absolute atomic E-state index is 12.2. The van der Waals surface area contributed by atoms with Crippen molar-refractivity contribution in [2.75, 3.05) is 20.2 Å². The van der Waals surface area contributed by atoms with Crippen molar-refractivity contribution in [2.45, 2.75) is 45.2 Å². The highest BCUT2D eigenvalue weighted by Crippen LogP contribution is 2.18. The molecule has 0 bridgehead atoms. The second kappa shape index (κ2) is 9.63. The zero-order valence-corrected chi connectivity index (χ0v) is 14.1. The van der Waals surface area contributed by atoms with Gasteiger partial charge in [-0.05, 0) is 25.2 Å². The lowest BCUT2D eigenvalue weighted by Crippen LogP contribution is -2.53. The van der Waals surface area contributed by atoms with Gasteiger partial charge in [0, 0.05) is 6.54 Å². The largest absolute Gasteiger partial charge is 0.467 e. The second-order valence-corrected chi connectivity index (χ2v) is 5.61. The van der Waals surface area contributed by atoms with Gasteiger partial charge in [0.25, 0.3) is 0 Å². The van der Waals surface area contributed by atoms with Crippen LogP contribution in [0.5, 0.6) is 0 Å². The number of hydrogen-bond donors (Lipinski definition) is 2. The number of ether oxygens (including phenoxy) is 1. The van der Waals surface area contributed by atoms with Crippen LogP contribution in [0.4, 0.5) is 0 Å². The van der Waals surface area contributed by atoms with E-state index in [1.807, 2.05) is 13.8 Å². The molecule has 7 nitrogen and oxygen atoms in total. The van der Waals surface area contributed by atoms with Crippen molar-refractivity contribution in [3.05, 3.63) is 0 Å². The van der Waals surface area contributed by atoms with Crippen LogP contribution in [0.25, 0.3) is 0 Å². The Labute approximate surface area is 137 Å². The topological polar surface area (TPSA) is 102 Å². The van der Waals surface area contributed by atoms with Crippen molar-refractivity contribution >= 4 is 30.2 Å². The van der Waals surface area contributed by atoms with Crippen molar-refractivity contribution in [1.29, 1.82) is 0 Å². The fourth-order valence-corrected chi connectivity index (χ4v) is 2.30. The second-order valence-electron chi connectivity index (χ2n) is 5.61. The Morgan fingerprint density at radius 1 is 1.32 bits per heavy atom. The third-order valence-electron chi connectivity index (χ3n) is 3.73. The van der Waals surface area contributed by atoms with Gasteiger partial charge in [0.2, 0.25) is 11.8 Å². The summed E-state index contributed by atoms with van der Waals surface area (Å²) < 4.78 is 4.73. The van der Waals surface area contributed by atoms with Gasteiger partial charge in [0.1, 0.15) is 6.04 Å². The summed E-state index contributed by atoms with van der Waals surface area (Å²) in [6.45, 7) is 4.03. The molecule has 0 radical (unpaired) electrons. The minimum atomic E-state index is -0.643. The predicted octanol–water partition coefficient (Wildman–Crippen LogP) is 0.0618. The van der Waals surface area contributed by atoms with Gasteiger partial charge in [-0.1, -0.05) is 13.8 Å². The lowest BCUT2D eigenvalue weighted by Gasteiger charge is -2.33. The summed E-state index contributed by atoms with van der Waals surface area (Å²) in [6, 6.07) is -1.19. The van der Waals surface area contributed by atoms with Gasteiger partial charge in [-0.3, -0.25) is 9.59 Å². The average molecular weight is 336 g/mol. The number of hydrogen-bond acceptors (Lipinski definition) is 5. The highest BCUT2D eigenvalue weighted by molar-refractivity contribution is 5.90. The number of esters is 1. The lowest BCUT2D eigenvalue weighted by molar-refractivity contribution is -0.154. The van der Waals surface area contributed by atoms with Crippen LogP contribution in [0.1, 0.15) is 33.1 Å². The van der Waals surface area contributed by atoms with Crippen LogP contribution in [-0.4, -0.2) is 55.0 Å². The molecule has 0 aromatic heterocycles. The van der Waals surface area contributed by atoms with Crippen LogP contribution in [-0.2, 0) is 19.1 Å². The zero-order chi connectivity index (χ0) is 16.0. The number of likely N-dealkylation sites (tertiary alicyclic amines) is 1. The molecule has 1 saturated heterocycles. The normalized spacial score (nSPS) is 19.1. The maximum atomic E-state index is 12.2. The molecule has 8 heteroatoms. The van der Waals surface area contributed by atoms with Crippen molar-refractivity contribution < 1.29 is 19.1 Å². The maximum Gasteiger partial charge on any atom is 0.328 e. The first-order chi connectivity index (χ1) is 9.88. The van der Waals surface area contributed by atoms with Gasteiger partial charge >= 0.3 is 5.97 Å². The molecule has 1 aliphatic rings. The molecule has 0 aliphatic carbocycles. The molecule has 1 heterocycles. The van der Waals surface area contributed by atoms with E-state index in [2.05, 4.69) is 5.32 Å². The minimum Gasteiger partial charge on any atom is -0.467 e. The van der Waals surface area contributed by atoms with E-state index in [1.54, 1.807) is 0 Å². The number of carbonyl (C=O) groups is 3. The first kappa shape index (κ1) is 20.7. The van der Waals surface area contributed by atoms with Crippen molar-refractivity contribution in [3.63, 3.8) is 0 Å². The lowest BCUT2D eigenvalue weighted by atomic mass is 10.0. The number of nitrogens with zero attached hydrogens (tertiary/aromatic N) is 1. The average Bonchev–Trinajstić information content (AvgIpc) is 2.50. The van der Waals surface area contributed by atoms with E-state index in [0.29, 0.717) is 13.0 Å².